The second kappa shape index (κ2) is 4.81. The van der Waals surface area contributed by atoms with E-state index < -0.39 is 0 Å². The normalized spacial score (nSPS) is 29.9. The van der Waals surface area contributed by atoms with Crippen molar-refractivity contribution in [2.45, 2.75) is 38.6 Å². The van der Waals surface area contributed by atoms with Gasteiger partial charge < -0.3 is 0 Å². The highest BCUT2D eigenvalue weighted by Crippen LogP contribution is 2.52. The summed E-state index contributed by atoms with van der Waals surface area (Å²) in [5, 5.41) is 11.7. The molecule has 5 heteroatoms. The number of thiophene rings is 1. The third-order valence-corrected chi connectivity index (χ3v) is 6.27. The van der Waals surface area contributed by atoms with Gasteiger partial charge in [-0.2, -0.15) is 16.4 Å². The average Bonchev–Trinajstić information content (AvgIpc) is 3.21. The lowest BCUT2D eigenvalue weighted by Crippen LogP contribution is -2.22. The fraction of sp³-hybridized carbons (Fsp3) is 0.600. The highest BCUT2D eigenvalue weighted by Gasteiger charge is 2.42. The lowest BCUT2D eigenvalue weighted by atomic mass is 9.84. The second-order valence-corrected chi connectivity index (χ2v) is 7.48. The first kappa shape index (κ1) is 12.8. The smallest absolute Gasteiger partial charge is 0.195 e. The monoisotopic (exact) mass is 305 g/mol. The van der Waals surface area contributed by atoms with Crippen LogP contribution in [-0.2, 0) is 0 Å². The molecule has 2 aromatic rings. The van der Waals surface area contributed by atoms with Crippen molar-refractivity contribution in [1.29, 1.82) is 0 Å². The van der Waals surface area contributed by atoms with Gasteiger partial charge in [0.15, 0.2) is 10.6 Å². The van der Waals surface area contributed by atoms with Gasteiger partial charge in [-0.3, -0.25) is 9.67 Å². The molecule has 0 saturated heterocycles. The fourth-order valence-corrected chi connectivity index (χ4v) is 5.29. The standard InChI is InChI=1S/C15H19N3S2/c1-9(13-7-10-2-3-11(13)6-10)18-14(16-17-15(18)19)12-4-5-20-8-12/h4-5,8-11,13H,2-3,6-7H2,1H3,(H,17,19). The molecule has 0 aromatic carbocycles. The summed E-state index contributed by atoms with van der Waals surface area (Å²) >= 11 is 7.20. The zero-order chi connectivity index (χ0) is 13.7. The van der Waals surface area contributed by atoms with Crippen molar-refractivity contribution >= 4 is 23.6 Å². The molecule has 2 saturated carbocycles. The lowest BCUT2D eigenvalue weighted by Gasteiger charge is -2.29. The van der Waals surface area contributed by atoms with Crippen LogP contribution < -0.4 is 0 Å². The number of hydrogen-bond acceptors (Lipinski definition) is 3. The minimum atomic E-state index is 0.450. The Morgan fingerprint density at radius 3 is 3.00 bits per heavy atom. The first-order valence-corrected chi connectivity index (χ1v) is 8.78. The van der Waals surface area contributed by atoms with Crippen LogP contribution in [0.3, 0.4) is 0 Å². The summed E-state index contributed by atoms with van der Waals surface area (Å²) in [6.45, 7) is 2.33. The molecule has 0 radical (unpaired) electrons. The van der Waals surface area contributed by atoms with Gasteiger partial charge in [0, 0.05) is 17.0 Å². The highest BCUT2D eigenvalue weighted by atomic mass is 32.1. The van der Waals surface area contributed by atoms with Crippen LogP contribution in [0.1, 0.15) is 38.6 Å². The van der Waals surface area contributed by atoms with E-state index in [2.05, 4.69) is 38.5 Å². The van der Waals surface area contributed by atoms with Gasteiger partial charge in [0.1, 0.15) is 0 Å². The van der Waals surface area contributed by atoms with Crippen molar-refractivity contribution in [2.75, 3.05) is 0 Å². The maximum Gasteiger partial charge on any atom is 0.195 e. The third-order valence-electron chi connectivity index (χ3n) is 5.30. The van der Waals surface area contributed by atoms with E-state index in [1.807, 2.05) is 0 Å². The predicted molar refractivity (Wildman–Crippen MR) is 84.4 cm³/mol. The van der Waals surface area contributed by atoms with Gasteiger partial charge in [0.2, 0.25) is 0 Å². The molecule has 0 spiro atoms. The Morgan fingerprint density at radius 2 is 2.35 bits per heavy atom. The van der Waals surface area contributed by atoms with E-state index in [1.54, 1.807) is 11.3 Å². The van der Waals surface area contributed by atoms with E-state index in [0.29, 0.717) is 6.04 Å². The molecule has 4 atom stereocenters. The molecule has 2 fully saturated rings. The van der Waals surface area contributed by atoms with E-state index in [-0.39, 0.29) is 0 Å². The Bertz CT molecular complexity index is 655. The molecular formula is C15H19N3S2. The van der Waals surface area contributed by atoms with Gasteiger partial charge in [-0.15, -0.1) is 0 Å². The van der Waals surface area contributed by atoms with Gasteiger partial charge in [0.25, 0.3) is 0 Å². The Labute approximate surface area is 128 Å². The Morgan fingerprint density at radius 1 is 1.45 bits per heavy atom. The van der Waals surface area contributed by atoms with Crippen LogP contribution in [0, 0.1) is 22.5 Å². The van der Waals surface area contributed by atoms with Crippen LogP contribution in [0.2, 0.25) is 0 Å². The summed E-state index contributed by atoms with van der Waals surface area (Å²) in [7, 11) is 0. The number of nitrogens with one attached hydrogen (secondary N) is 1. The summed E-state index contributed by atoms with van der Waals surface area (Å²) in [5.74, 6) is 3.65. The molecule has 4 rings (SSSR count). The van der Waals surface area contributed by atoms with Crippen molar-refractivity contribution in [1.82, 2.24) is 14.8 Å². The predicted octanol–water partition coefficient (Wildman–Crippen LogP) is 4.67. The summed E-state index contributed by atoms with van der Waals surface area (Å²) in [4.78, 5) is 0. The topological polar surface area (TPSA) is 33.6 Å². The van der Waals surface area contributed by atoms with Gasteiger partial charge in [-0.1, -0.05) is 6.42 Å². The lowest BCUT2D eigenvalue weighted by molar-refractivity contribution is 0.242. The average molecular weight is 305 g/mol. The van der Waals surface area contributed by atoms with Crippen molar-refractivity contribution < 1.29 is 0 Å². The van der Waals surface area contributed by atoms with E-state index in [1.165, 1.54) is 31.2 Å². The largest absolute Gasteiger partial charge is 0.297 e. The maximum absolute atomic E-state index is 5.49. The molecule has 2 heterocycles. The van der Waals surface area contributed by atoms with Crippen LogP contribution in [-0.4, -0.2) is 14.8 Å². The first-order valence-electron chi connectivity index (χ1n) is 7.43. The van der Waals surface area contributed by atoms with E-state index in [9.17, 15) is 0 Å². The molecule has 2 aromatic heterocycles. The quantitative estimate of drug-likeness (QED) is 0.836. The van der Waals surface area contributed by atoms with Crippen molar-refractivity contribution in [3.05, 3.63) is 21.6 Å². The van der Waals surface area contributed by atoms with Gasteiger partial charge in [-0.25, -0.2) is 0 Å². The van der Waals surface area contributed by atoms with Gasteiger partial charge in [0.05, 0.1) is 0 Å². The van der Waals surface area contributed by atoms with Crippen molar-refractivity contribution in [2.24, 2.45) is 17.8 Å². The molecule has 2 bridgehead atoms. The molecule has 0 amide bonds. The van der Waals surface area contributed by atoms with Crippen LogP contribution in [0.15, 0.2) is 16.8 Å². The van der Waals surface area contributed by atoms with E-state index >= 15 is 0 Å². The molecule has 4 unspecified atom stereocenters. The Balaban J connectivity index is 1.71. The first-order chi connectivity index (χ1) is 9.74. The van der Waals surface area contributed by atoms with E-state index in [0.717, 1.165) is 28.3 Å². The molecule has 0 aliphatic heterocycles. The number of rotatable bonds is 3. The number of fused-ring (bicyclic) bond motifs is 2. The van der Waals surface area contributed by atoms with Gasteiger partial charge >= 0.3 is 0 Å². The van der Waals surface area contributed by atoms with Crippen molar-refractivity contribution in [3.8, 4) is 11.4 Å². The third kappa shape index (κ3) is 1.91. The number of aromatic nitrogens is 3. The molecule has 3 nitrogen and oxygen atoms in total. The molecule has 2 aliphatic rings. The Hall–Kier alpha value is -0.940. The fourth-order valence-electron chi connectivity index (χ4n) is 4.35. The second-order valence-electron chi connectivity index (χ2n) is 6.31. The molecule has 2 aliphatic carbocycles. The minimum Gasteiger partial charge on any atom is -0.297 e. The molecule has 20 heavy (non-hydrogen) atoms. The summed E-state index contributed by atoms with van der Waals surface area (Å²) < 4.78 is 3.02. The van der Waals surface area contributed by atoms with E-state index in [4.69, 9.17) is 12.2 Å². The highest BCUT2D eigenvalue weighted by molar-refractivity contribution is 7.71. The number of H-pyrrole nitrogens is 1. The maximum atomic E-state index is 5.49. The molecule has 106 valence electrons. The number of nitrogens with zero attached hydrogens (tertiary/aromatic N) is 2. The Kier molecular flexibility index (Phi) is 3.07. The SMILES string of the molecule is CC(C1CC2CCC1C2)n1c(-c2ccsc2)n[nH]c1=S. The minimum absolute atomic E-state index is 0.450. The number of aromatic amines is 1. The van der Waals surface area contributed by atoms with Crippen LogP contribution in [0.4, 0.5) is 0 Å². The summed E-state index contributed by atoms with van der Waals surface area (Å²) in [6.07, 6.45) is 5.68. The van der Waals surface area contributed by atoms with Gasteiger partial charge in [-0.05, 0) is 67.6 Å². The molecule has 1 N–H and O–H groups in total. The van der Waals surface area contributed by atoms with Crippen molar-refractivity contribution in [3.63, 3.8) is 0 Å². The van der Waals surface area contributed by atoms with Crippen LogP contribution >= 0.6 is 23.6 Å². The summed E-state index contributed by atoms with van der Waals surface area (Å²) in [5.41, 5.74) is 1.18. The molecular weight excluding hydrogens is 286 g/mol. The number of hydrogen-bond donors (Lipinski definition) is 1. The zero-order valence-electron chi connectivity index (χ0n) is 11.6. The zero-order valence-corrected chi connectivity index (χ0v) is 13.2. The van der Waals surface area contributed by atoms with Crippen LogP contribution in [0.5, 0.6) is 0 Å². The van der Waals surface area contributed by atoms with Crippen LogP contribution in [0.25, 0.3) is 11.4 Å². The summed E-state index contributed by atoms with van der Waals surface area (Å²) in [6, 6.07) is 2.58.